The zero-order valence-electron chi connectivity index (χ0n) is 52.5. The second-order valence-corrected chi connectivity index (χ2v) is 23.9. The van der Waals surface area contributed by atoms with Crippen LogP contribution in [0.3, 0.4) is 0 Å². The minimum atomic E-state index is -4.35. The third-order valence-electron chi connectivity index (χ3n) is 15.6. The van der Waals surface area contributed by atoms with Gasteiger partial charge < -0.3 is 33.7 Å². The first-order valence-corrected chi connectivity index (χ1v) is 31.8. The fraction of sp³-hybridized carbons (Fsp3) is 0.353. The predicted molar refractivity (Wildman–Crippen MR) is 356 cm³/mol. The Kier molecular flexibility index (Phi) is 23.2. The molecular formula is C68H77Cl3F3N17. The first-order chi connectivity index (χ1) is 43.8. The number of rotatable bonds is 4. The number of aryl methyl sites for hydroxylation is 11. The molecule has 0 bridgehead atoms. The highest BCUT2D eigenvalue weighted by Crippen LogP contribution is 2.33. The molecule has 13 heterocycles. The van der Waals surface area contributed by atoms with Crippen molar-refractivity contribution in [1.82, 2.24) is 72.5 Å². The molecule has 0 spiro atoms. The van der Waals surface area contributed by atoms with Gasteiger partial charge in [-0.2, -0.15) is 13.2 Å². The Bertz CT molecular complexity index is 4050. The molecule has 0 radical (unpaired) electrons. The molecule has 0 unspecified atom stereocenters. The van der Waals surface area contributed by atoms with Gasteiger partial charge in [0.2, 0.25) is 0 Å². The third-order valence-corrected chi connectivity index (χ3v) is 16.2. The van der Waals surface area contributed by atoms with Crippen molar-refractivity contribution < 1.29 is 13.2 Å². The van der Waals surface area contributed by atoms with E-state index in [2.05, 4.69) is 113 Å². The van der Waals surface area contributed by atoms with Gasteiger partial charge in [-0.3, -0.25) is 15.0 Å². The third kappa shape index (κ3) is 18.6. The van der Waals surface area contributed by atoms with E-state index in [0.29, 0.717) is 32.7 Å². The number of hydrogen-bond donors (Lipinski definition) is 2. The van der Waals surface area contributed by atoms with Crippen molar-refractivity contribution in [3.05, 3.63) is 212 Å². The summed E-state index contributed by atoms with van der Waals surface area (Å²) < 4.78 is 49.2. The van der Waals surface area contributed by atoms with Crippen LogP contribution < -0.4 is 11.1 Å². The van der Waals surface area contributed by atoms with Gasteiger partial charge in [-0.25, -0.2) is 34.9 Å². The molecule has 4 aliphatic rings. The van der Waals surface area contributed by atoms with Gasteiger partial charge in [0.15, 0.2) is 0 Å². The molecule has 0 saturated heterocycles. The lowest BCUT2D eigenvalue weighted by Crippen LogP contribution is -2.12. The van der Waals surface area contributed by atoms with E-state index in [1.54, 1.807) is 24.8 Å². The van der Waals surface area contributed by atoms with Crippen LogP contribution in [-0.2, 0) is 58.0 Å². The molecule has 11 aromatic rings. The number of benzene rings is 2. The van der Waals surface area contributed by atoms with Crippen molar-refractivity contribution in [2.75, 3.05) is 11.1 Å². The number of aromatic nitrogens is 15. The van der Waals surface area contributed by atoms with Crippen molar-refractivity contribution in [3.8, 4) is 22.8 Å². The largest absolute Gasteiger partial charge is 0.416 e. The highest BCUT2D eigenvalue weighted by atomic mass is 35.5. The van der Waals surface area contributed by atoms with Crippen LogP contribution >= 0.6 is 34.8 Å². The Morgan fingerprint density at radius 1 is 0.505 bits per heavy atom. The van der Waals surface area contributed by atoms with Crippen LogP contribution in [0, 0.1) is 48.5 Å². The van der Waals surface area contributed by atoms with Gasteiger partial charge in [0.05, 0.1) is 76.9 Å². The van der Waals surface area contributed by atoms with E-state index in [1.165, 1.54) is 135 Å². The summed E-state index contributed by atoms with van der Waals surface area (Å²) in [6.45, 7) is 18.8. The molecular weight excluding hydrogens is 1220 g/mol. The van der Waals surface area contributed by atoms with Gasteiger partial charge in [0.1, 0.15) is 55.8 Å². The Balaban J connectivity index is 0.000000133. The molecule has 476 valence electrons. The van der Waals surface area contributed by atoms with Crippen LogP contribution in [0.1, 0.15) is 120 Å². The smallest absolute Gasteiger partial charge is 0.399 e. The molecule has 3 N–H and O–H groups in total. The number of fused-ring (bicyclic) bond motifs is 5. The number of nitrogens with one attached hydrogen (secondary N) is 1. The molecule has 15 rings (SSSR count). The van der Waals surface area contributed by atoms with Crippen LogP contribution in [-0.4, -0.2) is 72.5 Å². The molecule has 0 atom stereocenters. The zero-order valence-corrected chi connectivity index (χ0v) is 54.8. The molecule has 91 heavy (non-hydrogen) atoms. The number of nitrogen functional groups attached to an aromatic ring is 1. The summed E-state index contributed by atoms with van der Waals surface area (Å²) in [5.41, 5.74) is 20.4. The van der Waals surface area contributed by atoms with Crippen LogP contribution in [0.2, 0.25) is 15.5 Å². The van der Waals surface area contributed by atoms with Gasteiger partial charge >= 0.3 is 6.18 Å². The second-order valence-electron chi connectivity index (χ2n) is 22.7. The number of nitrogens with two attached hydrogens (primary N) is 1. The maximum atomic E-state index is 12.7. The van der Waals surface area contributed by atoms with Crippen LogP contribution in [0.5, 0.6) is 0 Å². The van der Waals surface area contributed by atoms with E-state index in [9.17, 15) is 13.2 Å². The van der Waals surface area contributed by atoms with Crippen molar-refractivity contribution in [3.63, 3.8) is 0 Å². The SMILES string of the molecule is Cc1cc2n(c1-c1cncc(Cl)n1)CCCC2.Cc1ccc(N)cc1.Cc1cn2c(n1)CCCC2.Cc1cn2ccccc2n1.Cc1nc2n(c1-c1cncc(Nc3ccc(C(F)(F)F)cc3)n1)CCCC2.Cc1nc2n(c1C)CCCC2.Clc1cncc(Cl)n1. The maximum absolute atomic E-state index is 12.7. The molecule has 0 saturated carbocycles. The predicted octanol–water partition coefficient (Wildman–Crippen LogP) is 16.4. The van der Waals surface area contributed by atoms with Gasteiger partial charge in [-0.15, -0.1) is 0 Å². The molecule has 0 amide bonds. The average Bonchev–Trinajstić information content (AvgIpc) is 1.76. The second kappa shape index (κ2) is 31.5. The summed E-state index contributed by atoms with van der Waals surface area (Å²) in [4.78, 5) is 42.5. The van der Waals surface area contributed by atoms with E-state index >= 15 is 0 Å². The number of hydrogen-bond acceptors (Lipinski definition) is 12. The van der Waals surface area contributed by atoms with Crippen molar-refractivity contribution in [1.29, 1.82) is 0 Å². The number of imidazole rings is 4. The van der Waals surface area contributed by atoms with E-state index in [1.807, 2.05) is 80.0 Å². The molecule has 0 aliphatic carbocycles. The van der Waals surface area contributed by atoms with Crippen LogP contribution in [0.15, 0.2) is 129 Å². The Labute approximate surface area is 544 Å². The van der Waals surface area contributed by atoms with Crippen molar-refractivity contribution in [2.24, 2.45) is 0 Å². The summed E-state index contributed by atoms with van der Waals surface area (Å²) in [5, 5.41) is 4.10. The highest BCUT2D eigenvalue weighted by Gasteiger charge is 2.30. The van der Waals surface area contributed by atoms with E-state index in [-0.39, 0.29) is 0 Å². The highest BCUT2D eigenvalue weighted by molar-refractivity contribution is 6.32. The number of halogens is 6. The van der Waals surface area contributed by atoms with Crippen LogP contribution in [0.25, 0.3) is 28.4 Å². The first-order valence-electron chi connectivity index (χ1n) is 30.7. The topological polar surface area (TPSA) is 191 Å². The Hall–Kier alpha value is -8.46. The molecule has 0 fully saturated rings. The number of alkyl halides is 3. The molecule has 2 aromatic carbocycles. The van der Waals surface area contributed by atoms with Gasteiger partial charge in [0, 0.05) is 86.8 Å². The molecule has 9 aromatic heterocycles. The van der Waals surface area contributed by atoms with Crippen LogP contribution in [0.4, 0.5) is 30.4 Å². The summed E-state index contributed by atoms with van der Waals surface area (Å²) in [6, 6.07) is 20.9. The Morgan fingerprint density at radius 2 is 1.08 bits per heavy atom. The number of pyridine rings is 1. The zero-order chi connectivity index (χ0) is 64.6. The van der Waals surface area contributed by atoms with Crippen molar-refractivity contribution in [2.45, 2.75) is 158 Å². The van der Waals surface area contributed by atoms with Gasteiger partial charge in [-0.1, -0.05) is 58.6 Å². The summed E-state index contributed by atoms with van der Waals surface area (Å²) in [7, 11) is 0. The summed E-state index contributed by atoms with van der Waals surface area (Å²) >= 11 is 16.7. The molecule has 4 aliphatic heterocycles. The molecule has 23 heteroatoms. The fourth-order valence-electron chi connectivity index (χ4n) is 11.2. The lowest BCUT2D eigenvalue weighted by atomic mass is 10.1. The van der Waals surface area contributed by atoms with Crippen molar-refractivity contribution >= 4 is 57.6 Å². The monoisotopic (exact) mass is 1290 g/mol. The summed E-state index contributed by atoms with van der Waals surface area (Å²) in [6.07, 6.45) is 25.7. The van der Waals surface area contributed by atoms with Gasteiger partial charge in [0.25, 0.3) is 0 Å². The fourth-order valence-corrected chi connectivity index (χ4v) is 11.7. The molecule has 17 nitrogen and oxygen atoms in total. The van der Waals surface area contributed by atoms with E-state index in [0.717, 1.165) is 96.5 Å². The quantitative estimate of drug-likeness (QED) is 0.159. The Morgan fingerprint density at radius 3 is 1.69 bits per heavy atom. The average molecular weight is 1300 g/mol. The van der Waals surface area contributed by atoms with Gasteiger partial charge in [-0.05, 0) is 166 Å². The standard InChI is InChI=1S/C19H18F3N5.C13H14ClN3.C9H14N2.C8H12N2.C8H8N2.C7H9N.C4H2Cl2N2/c1-12-18(27-9-3-2-4-17(27)24-12)15-10-23-11-16(26-15)25-14-7-5-13(6-8-14)19(20,21)22;1-9-6-10-4-2-3-5-17(10)13(9)11-7-15-8-12(14)16-11;1-7-8(2)11-6-4-3-5-9(11)10-7;2*1-7-6-10-5-3-2-4-8(10)9-7;1-6-2-4-7(8)5-3-6;5-3-1-7-2-4(6)8-3/h5-8,10-11H,2-4,9H2,1H3,(H,25,26);6-8H,2-5H2,1H3;3-6H2,1-2H3;6H,2-5H2,1H3;2-6H,1H3;2-5H,8H2,1H3;1-2H. The minimum absolute atomic E-state index is 0.317. The minimum Gasteiger partial charge on any atom is -0.399 e. The van der Waals surface area contributed by atoms with E-state index < -0.39 is 11.7 Å². The number of nitrogens with zero attached hydrogens (tertiary/aromatic N) is 15. The lowest BCUT2D eigenvalue weighted by Gasteiger charge is -2.17. The normalized spacial score (nSPS) is 13.5. The number of anilines is 3. The summed E-state index contributed by atoms with van der Waals surface area (Å²) in [5.74, 6) is 4.12. The lowest BCUT2D eigenvalue weighted by molar-refractivity contribution is -0.137. The maximum Gasteiger partial charge on any atom is 0.416 e. The van der Waals surface area contributed by atoms with E-state index in [4.69, 9.17) is 40.5 Å². The first kappa shape index (κ1) is 66.9.